The minimum Gasteiger partial charge on any atom is -0.489 e. The zero-order valence-electron chi connectivity index (χ0n) is 16.6. The van der Waals surface area contributed by atoms with Crippen LogP contribution >= 0.6 is 0 Å². The number of rotatable bonds is 7. The Bertz CT molecular complexity index is 969. The van der Waals surface area contributed by atoms with E-state index in [1.807, 2.05) is 73.7 Å². The molecular formula is C24H24N2O3. The van der Waals surface area contributed by atoms with E-state index in [4.69, 9.17) is 4.74 Å². The number of hydrogen-bond donors (Lipinski definition) is 1. The van der Waals surface area contributed by atoms with Crippen LogP contribution in [0.5, 0.6) is 5.75 Å². The number of aryl methyl sites for hydroxylation is 1. The Morgan fingerprint density at radius 1 is 0.931 bits per heavy atom. The van der Waals surface area contributed by atoms with Crippen LogP contribution < -0.4 is 15.0 Å². The van der Waals surface area contributed by atoms with E-state index in [2.05, 4.69) is 5.32 Å². The molecule has 3 aromatic carbocycles. The van der Waals surface area contributed by atoms with Crippen molar-refractivity contribution in [3.63, 3.8) is 0 Å². The molecule has 148 valence electrons. The van der Waals surface area contributed by atoms with Gasteiger partial charge in [-0.1, -0.05) is 42.5 Å². The summed E-state index contributed by atoms with van der Waals surface area (Å²) in [6.45, 7) is 3.83. The fraction of sp³-hybridized carbons (Fsp3) is 0.167. The lowest BCUT2D eigenvalue weighted by Crippen LogP contribution is -2.36. The average molecular weight is 388 g/mol. The summed E-state index contributed by atoms with van der Waals surface area (Å²) in [5, 5.41) is 2.82. The SMILES string of the molecule is CC(=O)N(CC(=O)Nc1ccc(OCc2ccccc2)cc1)c1cccc(C)c1. The predicted octanol–water partition coefficient (Wildman–Crippen LogP) is 4.57. The number of ether oxygens (including phenoxy) is 1. The minimum atomic E-state index is -0.264. The van der Waals surface area contributed by atoms with Crippen LogP contribution in [-0.4, -0.2) is 18.4 Å². The fourth-order valence-corrected chi connectivity index (χ4v) is 2.90. The van der Waals surface area contributed by atoms with Crippen molar-refractivity contribution in [2.24, 2.45) is 0 Å². The first-order valence-corrected chi connectivity index (χ1v) is 9.43. The van der Waals surface area contributed by atoms with E-state index in [1.165, 1.54) is 11.8 Å². The van der Waals surface area contributed by atoms with Crippen LogP contribution in [0.15, 0.2) is 78.9 Å². The summed E-state index contributed by atoms with van der Waals surface area (Å²) in [6, 6.07) is 24.6. The lowest BCUT2D eigenvalue weighted by Gasteiger charge is -2.21. The maximum absolute atomic E-state index is 12.4. The van der Waals surface area contributed by atoms with Gasteiger partial charge in [-0.25, -0.2) is 0 Å². The van der Waals surface area contributed by atoms with Crippen molar-refractivity contribution in [2.75, 3.05) is 16.8 Å². The number of carbonyl (C=O) groups excluding carboxylic acids is 2. The second-order valence-corrected chi connectivity index (χ2v) is 6.79. The number of amides is 2. The standard InChI is InChI=1S/C24H24N2O3/c1-18-7-6-10-22(15-18)26(19(2)27)16-24(28)25-21-11-13-23(14-12-21)29-17-20-8-4-3-5-9-20/h3-15H,16-17H2,1-2H3,(H,25,28). The van der Waals surface area contributed by atoms with Gasteiger partial charge in [-0.2, -0.15) is 0 Å². The van der Waals surface area contributed by atoms with E-state index < -0.39 is 0 Å². The molecule has 3 aromatic rings. The number of nitrogens with zero attached hydrogens (tertiary/aromatic N) is 1. The van der Waals surface area contributed by atoms with Crippen LogP contribution in [-0.2, 0) is 16.2 Å². The molecule has 5 heteroatoms. The fourth-order valence-electron chi connectivity index (χ4n) is 2.90. The summed E-state index contributed by atoms with van der Waals surface area (Å²) in [5.74, 6) is 0.270. The summed E-state index contributed by atoms with van der Waals surface area (Å²) in [5.41, 5.74) is 3.47. The first kappa shape index (κ1) is 20.1. The highest BCUT2D eigenvalue weighted by Gasteiger charge is 2.16. The zero-order chi connectivity index (χ0) is 20.6. The Balaban J connectivity index is 1.57. The van der Waals surface area contributed by atoms with Gasteiger partial charge in [0.1, 0.15) is 18.9 Å². The summed E-state index contributed by atoms with van der Waals surface area (Å²) >= 11 is 0. The van der Waals surface area contributed by atoms with E-state index in [0.29, 0.717) is 18.0 Å². The molecule has 0 unspecified atom stereocenters. The Morgan fingerprint density at radius 2 is 1.66 bits per heavy atom. The van der Waals surface area contributed by atoms with Gasteiger partial charge in [0.15, 0.2) is 0 Å². The molecule has 0 aromatic heterocycles. The molecule has 0 bridgehead atoms. The molecule has 2 amide bonds. The highest BCUT2D eigenvalue weighted by atomic mass is 16.5. The van der Waals surface area contributed by atoms with Crippen LogP contribution in [0.3, 0.4) is 0 Å². The Morgan fingerprint density at radius 3 is 2.31 bits per heavy atom. The molecule has 0 radical (unpaired) electrons. The zero-order valence-corrected chi connectivity index (χ0v) is 16.6. The molecule has 0 heterocycles. The van der Waals surface area contributed by atoms with Crippen molar-refractivity contribution in [3.8, 4) is 5.75 Å². The molecule has 0 fully saturated rings. The lowest BCUT2D eigenvalue weighted by molar-refractivity contribution is -0.120. The van der Waals surface area contributed by atoms with Gasteiger partial charge < -0.3 is 15.0 Å². The van der Waals surface area contributed by atoms with Crippen LogP contribution in [0.2, 0.25) is 0 Å². The normalized spacial score (nSPS) is 10.3. The molecule has 0 atom stereocenters. The minimum absolute atomic E-state index is 0.0506. The maximum Gasteiger partial charge on any atom is 0.244 e. The molecule has 0 saturated carbocycles. The van der Waals surface area contributed by atoms with Crippen LogP contribution in [0.4, 0.5) is 11.4 Å². The van der Waals surface area contributed by atoms with E-state index in [9.17, 15) is 9.59 Å². The highest BCUT2D eigenvalue weighted by Crippen LogP contribution is 2.19. The maximum atomic E-state index is 12.4. The Labute approximate surface area is 170 Å². The molecule has 0 aliphatic carbocycles. The smallest absolute Gasteiger partial charge is 0.244 e. The van der Waals surface area contributed by atoms with Gasteiger partial charge in [0.05, 0.1) is 0 Å². The van der Waals surface area contributed by atoms with Crippen molar-refractivity contribution in [2.45, 2.75) is 20.5 Å². The average Bonchev–Trinajstić information content (AvgIpc) is 2.72. The van der Waals surface area contributed by atoms with Gasteiger partial charge in [0.2, 0.25) is 11.8 Å². The van der Waals surface area contributed by atoms with E-state index in [-0.39, 0.29) is 18.4 Å². The topological polar surface area (TPSA) is 58.6 Å². The van der Waals surface area contributed by atoms with Crippen molar-refractivity contribution in [1.29, 1.82) is 0 Å². The van der Waals surface area contributed by atoms with Crippen molar-refractivity contribution < 1.29 is 14.3 Å². The molecule has 0 spiro atoms. The van der Waals surface area contributed by atoms with Crippen molar-refractivity contribution in [3.05, 3.63) is 90.0 Å². The number of nitrogens with one attached hydrogen (secondary N) is 1. The quantitative estimate of drug-likeness (QED) is 0.645. The molecular weight excluding hydrogens is 364 g/mol. The lowest BCUT2D eigenvalue weighted by atomic mass is 10.2. The Kier molecular flexibility index (Phi) is 6.63. The largest absolute Gasteiger partial charge is 0.489 e. The van der Waals surface area contributed by atoms with E-state index in [0.717, 1.165) is 16.9 Å². The predicted molar refractivity (Wildman–Crippen MR) is 115 cm³/mol. The molecule has 0 aliphatic rings. The molecule has 29 heavy (non-hydrogen) atoms. The molecule has 5 nitrogen and oxygen atoms in total. The van der Waals surface area contributed by atoms with Crippen LogP contribution in [0.1, 0.15) is 18.1 Å². The summed E-state index contributed by atoms with van der Waals surface area (Å²) in [6.07, 6.45) is 0. The number of hydrogen-bond acceptors (Lipinski definition) is 3. The second-order valence-electron chi connectivity index (χ2n) is 6.79. The van der Waals surface area contributed by atoms with Crippen molar-refractivity contribution in [1.82, 2.24) is 0 Å². The van der Waals surface area contributed by atoms with E-state index >= 15 is 0 Å². The van der Waals surface area contributed by atoms with Crippen LogP contribution in [0.25, 0.3) is 0 Å². The van der Waals surface area contributed by atoms with Gasteiger partial charge >= 0.3 is 0 Å². The second kappa shape index (κ2) is 9.55. The summed E-state index contributed by atoms with van der Waals surface area (Å²) < 4.78 is 5.75. The van der Waals surface area contributed by atoms with Gasteiger partial charge in [-0.3, -0.25) is 9.59 Å². The number of carbonyl (C=O) groups is 2. The molecule has 0 aliphatic heterocycles. The highest BCUT2D eigenvalue weighted by molar-refractivity contribution is 6.01. The summed E-state index contributed by atoms with van der Waals surface area (Å²) in [7, 11) is 0. The molecule has 0 saturated heterocycles. The van der Waals surface area contributed by atoms with Gasteiger partial charge in [0.25, 0.3) is 0 Å². The first-order valence-electron chi connectivity index (χ1n) is 9.43. The first-order chi connectivity index (χ1) is 14.0. The monoisotopic (exact) mass is 388 g/mol. The van der Waals surface area contributed by atoms with E-state index in [1.54, 1.807) is 12.1 Å². The van der Waals surface area contributed by atoms with Crippen molar-refractivity contribution >= 4 is 23.2 Å². The summed E-state index contributed by atoms with van der Waals surface area (Å²) in [4.78, 5) is 25.9. The van der Waals surface area contributed by atoms with Gasteiger partial charge in [0, 0.05) is 18.3 Å². The Hall–Kier alpha value is -3.60. The third kappa shape index (κ3) is 5.94. The molecule has 1 N–H and O–H groups in total. The number of benzene rings is 3. The molecule has 3 rings (SSSR count). The van der Waals surface area contributed by atoms with Crippen LogP contribution in [0, 0.1) is 6.92 Å². The number of anilines is 2. The third-order valence-electron chi connectivity index (χ3n) is 4.38. The van der Waals surface area contributed by atoms with Gasteiger partial charge in [-0.15, -0.1) is 0 Å². The van der Waals surface area contributed by atoms with Gasteiger partial charge in [-0.05, 0) is 54.4 Å². The third-order valence-corrected chi connectivity index (χ3v) is 4.38.